The van der Waals surface area contributed by atoms with Gasteiger partial charge in [-0.3, -0.25) is 0 Å². The zero-order valence-electron chi connectivity index (χ0n) is 7.83. The number of nitrogens with one attached hydrogen (secondary N) is 1. The van der Waals surface area contributed by atoms with Gasteiger partial charge < -0.3 is 10.4 Å². The zero-order valence-corrected chi connectivity index (χ0v) is 7.83. The van der Waals surface area contributed by atoms with Gasteiger partial charge in [-0.2, -0.15) is 0 Å². The molecule has 1 aromatic rings. The van der Waals surface area contributed by atoms with Crippen molar-refractivity contribution in [1.82, 2.24) is 5.32 Å². The molecular weight excluding hydrogens is 162 g/mol. The monoisotopic (exact) mass is 177 g/mol. The number of hydrogen-bond donors (Lipinski definition) is 2. The third-order valence-electron chi connectivity index (χ3n) is 2.86. The molecule has 2 rings (SSSR count). The Morgan fingerprint density at radius 1 is 1.38 bits per heavy atom. The second kappa shape index (κ2) is 3.13. The summed E-state index contributed by atoms with van der Waals surface area (Å²) in [4.78, 5) is 0. The first-order valence-corrected chi connectivity index (χ1v) is 4.72. The minimum absolute atomic E-state index is 0.218. The average molecular weight is 177 g/mol. The van der Waals surface area contributed by atoms with Crippen molar-refractivity contribution in [2.45, 2.75) is 25.0 Å². The quantitative estimate of drug-likeness (QED) is 0.712. The largest absolute Gasteiger partial charge is 0.384 e. The van der Waals surface area contributed by atoms with Crippen molar-refractivity contribution in [2.24, 2.45) is 0 Å². The van der Waals surface area contributed by atoms with Crippen molar-refractivity contribution in [2.75, 3.05) is 6.54 Å². The minimum Gasteiger partial charge on any atom is -0.384 e. The molecule has 2 N–H and O–H groups in total. The fraction of sp³-hybridized carbons (Fsp3) is 0.455. The van der Waals surface area contributed by atoms with E-state index in [1.54, 1.807) is 0 Å². The second-order valence-corrected chi connectivity index (χ2v) is 3.81. The van der Waals surface area contributed by atoms with Crippen molar-refractivity contribution < 1.29 is 5.11 Å². The predicted molar refractivity (Wildman–Crippen MR) is 52.4 cm³/mol. The van der Waals surface area contributed by atoms with E-state index in [1.165, 1.54) is 0 Å². The molecule has 0 radical (unpaired) electrons. The molecule has 13 heavy (non-hydrogen) atoms. The van der Waals surface area contributed by atoms with Crippen LogP contribution in [0.2, 0.25) is 0 Å². The fourth-order valence-electron chi connectivity index (χ4n) is 1.75. The van der Waals surface area contributed by atoms with Gasteiger partial charge in [0.25, 0.3) is 0 Å². The fourth-order valence-corrected chi connectivity index (χ4v) is 1.75. The van der Waals surface area contributed by atoms with Crippen LogP contribution in [0.15, 0.2) is 30.3 Å². The molecule has 70 valence electrons. The lowest BCUT2D eigenvalue weighted by Gasteiger charge is -2.40. The molecule has 2 nitrogen and oxygen atoms in total. The van der Waals surface area contributed by atoms with Gasteiger partial charge in [0.05, 0.1) is 0 Å². The molecule has 0 saturated carbocycles. The lowest BCUT2D eigenvalue weighted by atomic mass is 9.83. The lowest BCUT2D eigenvalue weighted by molar-refractivity contribution is -0.00908. The molecule has 0 spiro atoms. The van der Waals surface area contributed by atoms with E-state index in [0.29, 0.717) is 0 Å². The average Bonchev–Trinajstić information content (AvgIpc) is 2.02. The molecule has 1 aromatic carbocycles. The molecule has 0 bridgehead atoms. The summed E-state index contributed by atoms with van der Waals surface area (Å²) < 4.78 is 0. The molecule has 1 fully saturated rings. The lowest BCUT2D eigenvalue weighted by Crippen LogP contribution is -2.55. The van der Waals surface area contributed by atoms with Crippen molar-refractivity contribution in [3.8, 4) is 0 Å². The van der Waals surface area contributed by atoms with Crippen LogP contribution in [0.4, 0.5) is 0 Å². The SMILES string of the molecule is C[C@@](O)(c1ccccc1)[C@@H]1CCN1. The first kappa shape index (κ1) is 8.73. The Labute approximate surface area is 78.6 Å². The van der Waals surface area contributed by atoms with Crippen molar-refractivity contribution >= 4 is 0 Å². The highest BCUT2D eigenvalue weighted by atomic mass is 16.3. The van der Waals surface area contributed by atoms with E-state index < -0.39 is 5.60 Å². The van der Waals surface area contributed by atoms with Gasteiger partial charge >= 0.3 is 0 Å². The Morgan fingerprint density at radius 2 is 2.00 bits per heavy atom. The Hall–Kier alpha value is -0.860. The van der Waals surface area contributed by atoms with Crippen LogP contribution in [0, 0.1) is 0 Å². The molecule has 1 heterocycles. The summed E-state index contributed by atoms with van der Waals surface area (Å²) in [5.74, 6) is 0. The molecule has 1 aliphatic rings. The Morgan fingerprint density at radius 3 is 2.46 bits per heavy atom. The van der Waals surface area contributed by atoms with Crippen LogP contribution in [0.25, 0.3) is 0 Å². The second-order valence-electron chi connectivity index (χ2n) is 3.81. The van der Waals surface area contributed by atoms with E-state index in [-0.39, 0.29) is 6.04 Å². The molecule has 0 unspecified atom stereocenters. The smallest absolute Gasteiger partial charge is 0.102 e. The summed E-state index contributed by atoms with van der Waals surface area (Å²) in [5, 5.41) is 13.5. The van der Waals surface area contributed by atoms with Crippen LogP contribution in [-0.2, 0) is 5.60 Å². The molecule has 0 aliphatic carbocycles. The van der Waals surface area contributed by atoms with Gasteiger partial charge in [-0.1, -0.05) is 30.3 Å². The van der Waals surface area contributed by atoms with Crippen LogP contribution in [0.3, 0.4) is 0 Å². The van der Waals surface area contributed by atoms with Crippen LogP contribution < -0.4 is 5.32 Å². The van der Waals surface area contributed by atoms with Gasteiger partial charge in [0.2, 0.25) is 0 Å². The van der Waals surface area contributed by atoms with Crippen LogP contribution in [-0.4, -0.2) is 17.7 Å². The topological polar surface area (TPSA) is 32.3 Å². The highest BCUT2D eigenvalue weighted by molar-refractivity contribution is 5.24. The van der Waals surface area contributed by atoms with Crippen molar-refractivity contribution in [3.63, 3.8) is 0 Å². The summed E-state index contributed by atoms with van der Waals surface area (Å²) in [5.41, 5.74) is 0.270. The number of aliphatic hydroxyl groups is 1. The molecule has 1 saturated heterocycles. The molecule has 2 atom stereocenters. The third kappa shape index (κ3) is 1.47. The third-order valence-corrected chi connectivity index (χ3v) is 2.86. The summed E-state index contributed by atoms with van der Waals surface area (Å²) >= 11 is 0. The number of hydrogen-bond acceptors (Lipinski definition) is 2. The van der Waals surface area contributed by atoms with E-state index in [1.807, 2.05) is 37.3 Å². The molecule has 2 heteroatoms. The predicted octanol–water partition coefficient (Wildman–Crippen LogP) is 1.26. The Balaban J connectivity index is 2.23. The molecule has 1 aliphatic heterocycles. The first-order valence-electron chi connectivity index (χ1n) is 4.72. The van der Waals surface area contributed by atoms with E-state index in [4.69, 9.17) is 0 Å². The highest BCUT2D eigenvalue weighted by Gasteiger charge is 2.36. The van der Waals surface area contributed by atoms with Gasteiger partial charge in [-0.25, -0.2) is 0 Å². The number of benzene rings is 1. The van der Waals surface area contributed by atoms with Crippen LogP contribution in [0.1, 0.15) is 18.9 Å². The van der Waals surface area contributed by atoms with Crippen molar-refractivity contribution in [3.05, 3.63) is 35.9 Å². The normalized spacial score (nSPS) is 26.2. The first-order chi connectivity index (χ1) is 6.21. The molecule has 0 amide bonds. The van der Waals surface area contributed by atoms with Crippen molar-refractivity contribution in [1.29, 1.82) is 0 Å². The van der Waals surface area contributed by atoms with Gasteiger partial charge in [0.15, 0.2) is 0 Å². The molecule has 0 aromatic heterocycles. The van der Waals surface area contributed by atoms with Gasteiger partial charge in [-0.05, 0) is 25.5 Å². The van der Waals surface area contributed by atoms with Crippen LogP contribution >= 0.6 is 0 Å². The summed E-state index contributed by atoms with van der Waals surface area (Å²) in [6.45, 7) is 2.90. The number of rotatable bonds is 2. The van der Waals surface area contributed by atoms with Crippen LogP contribution in [0.5, 0.6) is 0 Å². The van der Waals surface area contributed by atoms with E-state index in [9.17, 15) is 5.11 Å². The maximum Gasteiger partial charge on any atom is 0.102 e. The highest BCUT2D eigenvalue weighted by Crippen LogP contribution is 2.28. The maximum atomic E-state index is 10.2. The Bertz CT molecular complexity index is 277. The van der Waals surface area contributed by atoms with Gasteiger partial charge in [0.1, 0.15) is 5.60 Å². The summed E-state index contributed by atoms with van der Waals surface area (Å²) in [6.07, 6.45) is 1.06. The van der Waals surface area contributed by atoms with E-state index >= 15 is 0 Å². The zero-order chi connectivity index (χ0) is 9.31. The maximum absolute atomic E-state index is 10.2. The molecular formula is C11H15NO. The van der Waals surface area contributed by atoms with E-state index in [0.717, 1.165) is 18.5 Å². The standard InChI is InChI=1S/C11H15NO/c1-11(13,10-7-8-12-10)9-5-3-2-4-6-9/h2-6,10,12-13H,7-8H2,1H3/t10-,11+/m0/s1. The van der Waals surface area contributed by atoms with E-state index in [2.05, 4.69) is 5.32 Å². The van der Waals surface area contributed by atoms with Gasteiger partial charge in [-0.15, -0.1) is 0 Å². The Kier molecular flexibility index (Phi) is 2.10. The van der Waals surface area contributed by atoms with Gasteiger partial charge in [0, 0.05) is 6.04 Å². The summed E-state index contributed by atoms with van der Waals surface area (Å²) in [6, 6.07) is 10.0. The summed E-state index contributed by atoms with van der Waals surface area (Å²) in [7, 11) is 0. The minimum atomic E-state index is -0.723.